The highest BCUT2D eigenvalue weighted by Crippen LogP contribution is 2.23. The van der Waals surface area contributed by atoms with E-state index in [9.17, 15) is 8.42 Å². The van der Waals surface area contributed by atoms with Crippen molar-refractivity contribution < 1.29 is 8.42 Å². The number of nitrogens with two attached hydrogens (primary N) is 1. The van der Waals surface area contributed by atoms with Gasteiger partial charge in [-0.25, -0.2) is 8.42 Å². The maximum absolute atomic E-state index is 12.0. The summed E-state index contributed by atoms with van der Waals surface area (Å²) in [6.45, 7) is 0. The molecule has 4 heteroatoms. The van der Waals surface area contributed by atoms with Gasteiger partial charge in [0.05, 0.1) is 11.0 Å². The lowest BCUT2D eigenvalue weighted by atomic mass is 10.0. The monoisotopic (exact) mass is 281 g/mol. The molecule has 0 saturated carbocycles. The fourth-order valence-corrected chi connectivity index (χ4v) is 4.94. The Bertz CT molecular complexity index is 484. The number of benzene rings is 1. The van der Waals surface area contributed by atoms with Gasteiger partial charge in [-0.3, -0.25) is 0 Å². The summed E-state index contributed by atoms with van der Waals surface area (Å²) in [5.74, 6) is 0.323. The maximum atomic E-state index is 12.0. The number of hydrogen-bond acceptors (Lipinski definition) is 3. The molecule has 1 aliphatic rings. The van der Waals surface area contributed by atoms with Crippen LogP contribution in [-0.4, -0.2) is 25.5 Å². The molecule has 0 radical (unpaired) electrons. The Morgan fingerprint density at radius 2 is 1.95 bits per heavy atom. The summed E-state index contributed by atoms with van der Waals surface area (Å²) in [5, 5.41) is -0.308. The highest BCUT2D eigenvalue weighted by atomic mass is 32.2. The van der Waals surface area contributed by atoms with Crippen LogP contribution in [0.15, 0.2) is 30.3 Å². The molecule has 0 aromatic heterocycles. The minimum Gasteiger partial charge on any atom is -0.327 e. The van der Waals surface area contributed by atoms with Crippen LogP contribution in [0.2, 0.25) is 0 Å². The first-order valence-electron chi connectivity index (χ1n) is 7.11. The third-order valence-electron chi connectivity index (χ3n) is 3.95. The predicted molar refractivity (Wildman–Crippen MR) is 78.8 cm³/mol. The summed E-state index contributed by atoms with van der Waals surface area (Å²) in [5.41, 5.74) is 7.40. The molecule has 106 valence electrons. The van der Waals surface area contributed by atoms with E-state index in [4.69, 9.17) is 5.73 Å². The van der Waals surface area contributed by atoms with Crippen molar-refractivity contribution in [2.24, 2.45) is 5.73 Å². The van der Waals surface area contributed by atoms with Gasteiger partial charge in [0, 0.05) is 6.04 Å². The van der Waals surface area contributed by atoms with E-state index < -0.39 is 9.84 Å². The molecule has 1 aliphatic heterocycles. The highest BCUT2D eigenvalue weighted by Gasteiger charge is 2.33. The van der Waals surface area contributed by atoms with Gasteiger partial charge in [0.15, 0.2) is 9.84 Å². The SMILES string of the molecule is NC(CCCc1ccccc1)C1CCCCS1(=O)=O. The molecule has 1 aromatic carbocycles. The molecule has 1 fully saturated rings. The second-order valence-corrected chi connectivity index (χ2v) is 7.78. The van der Waals surface area contributed by atoms with Crippen LogP contribution >= 0.6 is 0 Å². The van der Waals surface area contributed by atoms with E-state index in [0.29, 0.717) is 5.75 Å². The smallest absolute Gasteiger partial charge is 0.154 e. The van der Waals surface area contributed by atoms with E-state index in [1.807, 2.05) is 18.2 Å². The van der Waals surface area contributed by atoms with Gasteiger partial charge in [-0.2, -0.15) is 0 Å². The molecule has 2 N–H and O–H groups in total. The Kier molecular flexibility index (Phi) is 4.99. The minimum atomic E-state index is -2.94. The number of rotatable bonds is 5. The van der Waals surface area contributed by atoms with Crippen molar-refractivity contribution in [3.05, 3.63) is 35.9 Å². The first-order chi connectivity index (χ1) is 9.09. The van der Waals surface area contributed by atoms with Gasteiger partial charge in [-0.05, 0) is 37.7 Å². The molecular weight excluding hydrogens is 258 g/mol. The summed E-state index contributed by atoms with van der Waals surface area (Å²) in [4.78, 5) is 0. The van der Waals surface area contributed by atoms with Crippen LogP contribution in [0.3, 0.4) is 0 Å². The zero-order valence-corrected chi connectivity index (χ0v) is 12.1. The average Bonchev–Trinajstić information content (AvgIpc) is 2.39. The standard InChI is InChI=1S/C15H23NO2S/c16-14(15-11-4-5-12-19(15,17)18)10-6-9-13-7-2-1-3-8-13/h1-3,7-8,14-15H,4-6,9-12,16H2. The lowest BCUT2D eigenvalue weighted by molar-refractivity contribution is 0.473. The van der Waals surface area contributed by atoms with Crippen molar-refractivity contribution in [1.29, 1.82) is 0 Å². The molecule has 2 unspecified atom stereocenters. The molecular formula is C15H23NO2S. The third-order valence-corrected chi connectivity index (χ3v) is 6.32. The number of hydrogen-bond donors (Lipinski definition) is 1. The average molecular weight is 281 g/mol. The molecule has 1 aromatic rings. The molecule has 0 amide bonds. The first-order valence-corrected chi connectivity index (χ1v) is 8.82. The van der Waals surface area contributed by atoms with Gasteiger partial charge in [-0.1, -0.05) is 36.8 Å². The largest absolute Gasteiger partial charge is 0.327 e. The maximum Gasteiger partial charge on any atom is 0.154 e. The van der Waals surface area contributed by atoms with Crippen molar-refractivity contribution in [2.75, 3.05) is 5.75 Å². The molecule has 3 nitrogen and oxygen atoms in total. The Morgan fingerprint density at radius 3 is 2.63 bits per heavy atom. The predicted octanol–water partition coefficient (Wildman–Crippen LogP) is 2.30. The van der Waals surface area contributed by atoms with E-state index in [2.05, 4.69) is 12.1 Å². The van der Waals surface area contributed by atoms with Crippen LogP contribution in [0, 0.1) is 0 Å². The van der Waals surface area contributed by atoms with Gasteiger partial charge >= 0.3 is 0 Å². The Labute approximate surface area is 116 Å². The van der Waals surface area contributed by atoms with Crippen LogP contribution in [0.1, 0.15) is 37.7 Å². The normalized spacial score (nSPS) is 23.9. The van der Waals surface area contributed by atoms with E-state index in [1.54, 1.807) is 0 Å². The number of sulfone groups is 1. The zero-order valence-electron chi connectivity index (χ0n) is 11.3. The zero-order chi connectivity index (χ0) is 13.7. The topological polar surface area (TPSA) is 60.2 Å². The lowest BCUT2D eigenvalue weighted by Gasteiger charge is -2.27. The lowest BCUT2D eigenvalue weighted by Crippen LogP contribution is -2.43. The van der Waals surface area contributed by atoms with Gasteiger partial charge in [-0.15, -0.1) is 0 Å². The van der Waals surface area contributed by atoms with Crippen LogP contribution < -0.4 is 5.73 Å². The van der Waals surface area contributed by atoms with Crippen molar-refractivity contribution in [2.45, 2.75) is 49.8 Å². The van der Waals surface area contributed by atoms with E-state index >= 15 is 0 Å². The summed E-state index contributed by atoms with van der Waals surface area (Å²) < 4.78 is 24.0. The Hall–Kier alpha value is -0.870. The molecule has 19 heavy (non-hydrogen) atoms. The van der Waals surface area contributed by atoms with Crippen molar-refractivity contribution >= 4 is 9.84 Å². The minimum absolute atomic E-state index is 0.200. The Balaban J connectivity index is 1.82. The second kappa shape index (κ2) is 6.53. The van der Waals surface area contributed by atoms with Gasteiger partial charge < -0.3 is 5.73 Å². The molecule has 0 aliphatic carbocycles. The van der Waals surface area contributed by atoms with Crippen LogP contribution in [-0.2, 0) is 16.3 Å². The molecule has 2 atom stereocenters. The van der Waals surface area contributed by atoms with Crippen molar-refractivity contribution in [3.8, 4) is 0 Å². The quantitative estimate of drug-likeness (QED) is 0.901. The molecule has 2 rings (SSSR count). The summed E-state index contributed by atoms with van der Waals surface area (Å²) in [6, 6.07) is 10.1. The number of aryl methyl sites for hydroxylation is 1. The van der Waals surface area contributed by atoms with E-state index in [0.717, 1.165) is 38.5 Å². The highest BCUT2D eigenvalue weighted by molar-refractivity contribution is 7.92. The molecule has 1 saturated heterocycles. The first kappa shape index (κ1) is 14.5. The second-order valence-electron chi connectivity index (χ2n) is 5.44. The van der Waals surface area contributed by atoms with Crippen LogP contribution in [0.4, 0.5) is 0 Å². The van der Waals surface area contributed by atoms with Gasteiger partial charge in [0.1, 0.15) is 0 Å². The third kappa shape index (κ3) is 4.05. The van der Waals surface area contributed by atoms with E-state index in [-0.39, 0.29) is 11.3 Å². The summed E-state index contributed by atoms with van der Waals surface area (Å²) in [6.07, 6.45) is 5.26. The van der Waals surface area contributed by atoms with Gasteiger partial charge in [0.2, 0.25) is 0 Å². The molecule has 0 spiro atoms. The fraction of sp³-hybridized carbons (Fsp3) is 0.600. The van der Waals surface area contributed by atoms with Crippen molar-refractivity contribution in [3.63, 3.8) is 0 Å². The molecule has 0 bridgehead atoms. The van der Waals surface area contributed by atoms with Crippen LogP contribution in [0.5, 0.6) is 0 Å². The summed E-state index contributed by atoms with van der Waals surface area (Å²) >= 11 is 0. The Morgan fingerprint density at radius 1 is 1.21 bits per heavy atom. The fourth-order valence-electron chi connectivity index (χ4n) is 2.83. The van der Waals surface area contributed by atoms with Crippen LogP contribution in [0.25, 0.3) is 0 Å². The van der Waals surface area contributed by atoms with Crippen molar-refractivity contribution in [1.82, 2.24) is 0 Å². The summed E-state index contributed by atoms with van der Waals surface area (Å²) in [7, 11) is -2.94. The molecule has 1 heterocycles. The van der Waals surface area contributed by atoms with E-state index in [1.165, 1.54) is 5.56 Å². The van der Waals surface area contributed by atoms with Gasteiger partial charge in [0.25, 0.3) is 0 Å².